The van der Waals surface area contributed by atoms with Crippen molar-refractivity contribution in [2.45, 2.75) is 39.7 Å². The molecule has 0 bridgehead atoms. The second-order valence-electron chi connectivity index (χ2n) is 4.70. The van der Waals surface area contributed by atoms with Gasteiger partial charge < -0.3 is 14.8 Å². The zero-order chi connectivity index (χ0) is 14.6. The van der Waals surface area contributed by atoms with E-state index in [0.717, 1.165) is 24.6 Å². The SMILES string of the molecule is C=CCOc1ccc(CNCCCCC)cc1OCC. The first-order valence-corrected chi connectivity index (χ1v) is 7.52. The van der Waals surface area contributed by atoms with E-state index in [-0.39, 0.29) is 0 Å². The van der Waals surface area contributed by atoms with Crippen LogP contribution in [-0.4, -0.2) is 19.8 Å². The maximum absolute atomic E-state index is 5.63. The van der Waals surface area contributed by atoms with Crippen molar-refractivity contribution in [1.29, 1.82) is 0 Å². The highest BCUT2D eigenvalue weighted by Gasteiger charge is 2.06. The molecule has 1 rings (SSSR count). The Morgan fingerprint density at radius 3 is 2.70 bits per heavy atom. The third kappa shape index (κ3) is 6.11. The summed E-state index contributed by atoms with van der Waals surface area (Å²) in [4.78, 5) is 0. The van der Waals surface area contributed by atoms with E-state index in [0.29, 0.717) is 13.2 Å². The zero-order valence-corrected chi connectivity index (χ0v) is 12.8. The summed E-state index contributed by atoms with van der Waals surface area (Å²) in [5, 5.41) is 3.46. The average molecular weight is 277 g/mol. The van der Waals surface area contributed by atoms with Gasteiger partial charge >= 0.3 is 0 Å². The Bertz CT molecular complexity index is 391. The van der Waals surface area contributed by atoms with E-state index in [2.05, 4.69) is 31.0 Å². The summed E-state index contributed by atoms with van der Waals surface area (Å²) in [7, 11) is 0. The summed E-state index contributed by atoms with van der Waals surface area (Å²) in [6.45, 7) is 10.9. The minimum atomic E-state index is 0.495. The second-order valence-corrected chi connectivity index (χ2v) is 4.70. The summed E-state index contributed by atoms with van der Waals surface area (Å²) in [5.74, 6) is 1.59. The van der Waals surface area contributed by atoms with Crippen LogP contribution in [0.15, 0.2) is 30.9 Å². The molecule has 0 aliphatic carbocycles. The van der Waals surface area contributed by atoms with E-state index < -0.39 is 0 Å². The molecule has 3 nitrogen and oxygen atoms in total. The van der Waals surface area contributed by atoms with Gasteiger partial charge in [0.1, 0.15) is 6.61 Å². The lowest BCUT2D eigenvalue weighted by Gasteiger charge is -2.13. The van der Waals surface area contributed by atoms with Crippen LogP contribution in [0.3, 0.4) is 0 Å². The third-order valence-corrected chi connectivity index (χ3v) is 2.95. The van der Waals surface area contributed by atoms with Crippen LogP contribution in [0.2, 0.25) is 0 Å². The molecular formula is C17H27NO2. The van der Waals surface area contributed by atoms with Gasteiger partial charge in [-0.1, -0.05) is 38.5 Å². The lowest BCUT2D eigenvalue weighted by atomic mass is 10.2. The summed E-state index contributed by atoms with van der Waals surface area (Å²) in [5.41, 5.74) is 1.22. The van der Waals surface area contributed by atoms with Crippen molar-refractivity contribution < 1.29 is 9.47 Å². The molecule has 0 saturated carbocycles. The zero-order valence-electron chi connectivity index (χ0n) is 12.8. The number of unbranched alkanes of at least 4 members (excludes halogenated alkanes) is 2. The van der Waals surface area contributed by atoms with Gasteiger partial charge in [0.2, 0.25) is 0 Å². The predicted molar refractivity (Wildman–Crippen MR) is 84.5 cm³/mol. The molecule has 0 spiro atoms. The van der Waals surface area contributed by atoms with Gasteiger partial charge in [-0.2, -0.15) is 0 Å². The van der Waals surface area contributed by atoms with Crippen LogP contribution in [0.1, 0.15) is 38.7 Å². The molecule has 0 radical (unpaired) electrons. The van der Waals surface area contributed by atoms with Crippen LogP contribution in [0.4, 0.5) is 0 Å². The second kappa shape index (κ2) is 10.3. The maximum atomic E-state index is 5.63. The first kappa shape index (κ1) is 16.6. The molecule has 3 heteroatoms. The van der Waals surface area contributed by atoms with Crippen molar-refractivity contribution in [3.05, 3.63) is 36.4 Å². The van der Waals surface area contributed by atoms with Gasteiger partial charge in [-0.25, -0.2) is 0 Å². The molecule has 0 atom stereocenters. The fraction of sp³-hybridized carbons (Fsp3) is 0.529. The first-order valence-electron chi connectivity index (χ1n) is 7.52. The predicted octanol–water partition coefficient (Wildman–Crippen LogP) is 3.93. The van der Waals surface area contributed by atoms with Crippen LogP contribution >= 0.6 is 0 Å². The lowest BCUT2D eigenvalue weighted by Crippen LogP contribution is -2.14. The quantitative estimate of drug-likeness (QED) is 0.491. The molecule has 1 aromatic carbocycles. The third-order valence-electron chi connectivity index (χ3n) is 2.95. The van der Waals surface area contributed by atoms with E-state index in [4.69, 9.17) is 9.47 Å². The Morgan fingerprint density at radius 1 is 1.15 bits per heavy atom. The molecule has 0 aliphatic heterocycles. The van der Waals surface area contributed by atoms with Gasteiger partial charge in [0.15, 0.2) is 11.5 Å². The number of hydrogen-bond donors (Lipinski definition) is 1. The number of nitrogens with one attached hydrogen (secondary N) is 1. The summed E-state index contributed by atoms with van der Waals surface area (Å²) >= 11 is 0. The Kier molecular flexibility index (Phi) is 8.56. The monoisotopic (exact) mass is 277 g/mol. The fourth-order valence-corrected chi connectivity index (χ4v) is 1.93. The number of rotatable bonds is 11. The molecular weight excluding hydrogens is 250 g/mol. The normalized spacial score (nSPS) is 10.3. The van der Waals surface area contributed by atoms with E-state index in [9.17, 15) is 0 Å². The highest BCUT2D eigenvalue weighted by molar-refractivity contribution is 5.43. The molecule has 1 aromatic rings. The molecule has 0 aliphatic rings. The van der Waals surface area contributed by atoms with Crippen molar-refractivity contribution in [3.8, 4) is 11.5 Å². The van der Waals surface area contributed by atoms with E-state index in [1.54, 1.807) is 6.08 Å². The number of benzene rings is 1. The molecule has 0 heterocycles. The van der Waals surface area contributed by atoms with Gasteiger partial charge in [0.05, 0.1) is 6.61 Å². The fourth-order valence-electron chi connectivity index (χ4n) is 1.93. The minimum Gasteiger partial charge on any atom is -0.490 e. The largest absolute Gasteiger partial charge is 0.490 e. The Hall–Kier alpha value is -1.48. The van der Waals surface area contributed by atoms with E-state index in [1.807, 2.05) is 13.0 Å². The molecule has 0 amide bonds. The lowest BCUT2D eigenvalue weighted by molar-refractivity contribution is 0.296. The molecule has 20 heavy (non-hydrogen) atoms. The van der Waals surface area contributed by atoms with Crippen LogP contribution in [0.5, 0.6) is 11.5 Å². The molecule has 112 valence electrons. The van der Waals surface area contributed by atoms with Gasteiger partial charge in [0, 0.05) is 6.54 Å². The molecule has 0 aromatic heterocycles. The Morgan fingerprint density at radius 2 is 2.00 bits per heavy atom. The number of ether oxygens (including phenoxy) is 2. The van der Waals surface area contributed by atoms with Gasteiger partial charge in [-0.05, 0) is 37.6 Å². The van der Waals surface area contributed by atoms with Crippen molar-refractivity contribution in [2.24, 2.45) is 0 Å². The highest BCUT2D eigenvalue weighted by Crippen LogP contribution is 2.28. The molecule has 0 saturated heterocycles. The average Bonchev–Trinajstić information content (AvgIpc) is 2.46. The molecule has 1 N–H and O–H groups in total. The van der Waals surface area contributed by atoms with Crippen LogP contribution < -0.4 is 14.8 Å². The Balaban J connectivity index is 2.54. The smallest absolute Gasteiger partial charge is 0.161 e. The number of hydrogen-bond acceptors (Lipinski definition) is 3. The van der Waals surface area contributed by atoms with Crippen molar-refractivity contribution in [2.75, 3.05) is 19.8 Å². The Labute approximate surface area is 123 Å². The van der Waals surface area contributed by atoms with E-state index >= 15 is 0 Å². The van der Waals surface area contributed by atoms with Crippen molar-refractivity contribution in [3.63, 3.8) is 0 Å². The van der Waals surface area contributed by atoms with Gasteiger partial charge in [-0.3, -0.25) is 0 Å². The summed E-state index contributed by atoms with van der Waals surface area (Å²) in [6.07, 6.45) is 5.51. The highest BCUT2D eigenvalue weighted by atomic mass is 16.5. The van der Waals surface area contributed by atoms with Crippen LogP contribution in [-0.2, 0) is 6.54 Å². The van der Waals surface area contributed by atoms with Gasteiger partial charge in [-0.15, -0.1) is 0 Å². The van der Waals surface area contributed by atoms with Crippen LogP contribution in [0.25, 0.3) is 0 Å². The van der Waals surface area contributed by atoms with Crippen LogP contribution in [0, 0.1) is 0 Å². The molecule has 0 fully saturated rings. The maximum Gasteiger partial charge on any atom is 0.161 e. The van der Waals surface area contributed by atoms with Crippen molar-refractivity contribution >= 4 is 0 Å². The first-order chi connectivity index (χ1) is 9.81. The summed E-state index contributed by atoms with van der Waals surface area (Å²) in [6, 6.07) is 6.10. The minimum absolute atomic E-state index is 0.495. The topological polar surface area (TPSA) is 30.5 Å². The van der Waals surface area contributed by atoms with Crippen molar-refractivity contribution in [1.82, 2.24) is 5.32 Å². The molecule has 0 unspecified atom stereocenters. The van der Waals surface area contributed by atoms with Gasteiger partial charge in [0.25, 0.3) is 0 Å². The van der Waals surface area contributed by atoms with E-state index in [1.165, 1.54) is 24.8 Å². The summed E-state index contributed by atoms with van der Waals surface area (Å²) < 4.78 is 11.2. The standard InChI is InChI=1S/C17H27NO2/c1-4-7-8-11-18-14-15-9-10-16(20-12-5-2)17(13-15)19-6-3/h5,9-10,13,18H,2,4,6-8,11-12,14H2,1,3H3.